The van der Waals surface area contributed by atoms with Crippen molar-refractivity contribution in [3.63, 3.8) is 0 Å². The number of hydrogen-bond acceptors (Lipinski definition) is 5. The summed E-state index contributed by atoms with van der Waals surface area (Å²) < 4.78 is 10.6. The lowest BCUT2D eigenvalue weighted by atomic mass is 10.1. The van der Waals surface area contributed by atoms with Gasteiger partial charge in [-0.05, 0) is 31.4 Å². The molecule has 2 saturated heterocycles. The molecule has 2 fully saturated rings. The maximum atomic E-state index is 12.9. The molecule has 2 aliphatic rings. The first kappa shape index (κ1) is 17.8. The van der Waals surface area contributed by atoms with Crippen LogP contribution in [-0.2, 0) is 4.79 Å². The van der Waals surface area contributed by atoms with Crippen molar-refractivity contribution in [2.75, 3.05) is 26.8 Å². The van der Waals surface area contributed by atoms with Gasteiger partial charge in [0.05, 0.1) is 12.1 Å². The summed E-state index contributed by atoms with van der Waals surface area (Å²) in [6.45, 7) is 1.09. The van der Waals surface area contributed by atoms with Crippen LogP contribution in [0.5, 0.6) is 11.5 Å². The van der Waals surface area contributed by atoms with Gasteiger partial charge in [0, 0.05) is 30.7 Å². The highest BCUT2D eigenvalue weighted by atomic mass is 35.5. The van der Waals surface area contributed by atoms with Gasteiger partial charge >= 0.3 is 0 Å². The summed E-state index contributed by atoms with van der Waals surface area (Å²) in [6.07, 6.45) is 3.23. The number of benzene rings is 1. The highest BCUT2D eigenvalue weighted by molar-refractivity contribution is 6.32. The van der Waals surface area contributed by atoms with Crippen LogP contribution in [0, 0.1) is 0 Å². The Hall–Kier alpha value is -1.99. The lowest BCUT2D eigenvalue weighted by Gasteiger charge is -2.25. The molecule has 0 aromatic heterocycles. The molecule has 0 spiro atoms. The van der Waals surface area contributed by atoms with Gasteiger partial charge in [-0.1, -0.05) is 11.6 Å². The van der Waals surface area contributed by atoms with Gasteiger partial charge in [0.25, 0.3) is 11.8 Å². The fraction of sp³-hybridized carbons (Fsp3) is 0.529. The van der Waals surface area contributed by atoms with Crippen LogP contribution >= 0.6 is 11.6 Å². The molecule has 8 heteroatoms. The Morgan fingerprint density at radius 2 is 2.08 bits per heavy atom. The van der Waals surface area contributed by atoms with E-state index in [-0.39, 0.29) is 23.3 Å². The Morgan fingerprint density at radius 1 is 1.32 bits per heavy atom. The Balaban J connectivity index is 1.80. The summed E-state index contributed by atoms with van der Waals surface area (Å²) >= 11 is 6.23. The number of hydrogen-bond donors (Lipinski definition) is 2. The van der Waals surface area contributed by atoms with Crippen molar-refractivity contribution < 1.29 is 19.1 Å². The quantitative estimate of drug-likeness (QED) is 0.815. The van der Waals surface area contributed by atoms with E-state index >= 15 is 0 Å². The van der Waals surface area contributed by atoms with Crippen molar-refractivity contribution in [2.24, 2.45) is 5.73 Å². The average molecular weight is 368 g/mol. The van der Waals surface area contributed by atoms with Crippen molar-refractivity contribution >= 4 is 23.4 Å². The Labute approximate surface area is 151 Å². The first-order chi connectivity index (χ1) is 12.0. The maximum Gasteiger partial charge on any atom is 0.255 e. The minimum atomic E-state index is -0.620. The van der Waals surface area contributed by atoms with Crippen LogP contribution in [0.15, 0.2) is 12.1 Å². The minimum Gasteiger partial charge on any atom is -0.493 e. The second-order valence-corrected chi connectivity index (χ2v) is 6.83. The molecule has 3 rings (SSSR count). The summed E-state index contributed by atoms with van der Waals surface area (Å²) in [5.41, 5.74) is 5.52. The normalized spacial score (nSPS) is 22.4. The van der Waals surface area contributed by atoms with E-state index in [0.717, 1.165) is 12.8 Å². The molecule has 1 aromatic carbocycles. The van der Waals surface area contributed by atoms with Gasteiger partial charge in [0.1, 0.15) is 0 Å². The summed E-state index contributed by atoms with van der Waals surface area (Å²) in [5.74, 6) is -0.205. The van der Waals surface area contributed by atoms with Gasteiger partial charge in [-0.25, -0.2) is 0 Å². The molecule has 2 bridgehead atoms. The van der Waals surface area contributed by atoms with Crippen molar-refractivity contribution in [2.45, 2.75) is 31.3 Å². The molecular formula is C17H22ClN3O4. The minimum absolute atomic E-state index is 0.0870. The van der Waals surface area contributed by atoms with E-state index in [4.69, 9.17) is 26.8 Å². The highest BCUT2D eigenvalue weighted by Crippen LogP contribution is 2.37. The molecule has 25 heavy (non-hydrogen) atoms. The molecule has 2 atom stereocenters. The van der Waals surface area contributed by atoms with Crippen molar-refractivity contribution in [3.05, 3.63) is 22.7 Å². The third kappa shape index (κ3) is 3.99. The number of ether oxygens (including phenoxy) is 2. The van der Waals surface area contributed by atoms with Crippen molar-refractivity contribution in [1.82, 2.24) is 10.2 Å². The molecule has 136 valence electrons. The maximum absolute atomic E-state index is 12.9. The number of amides is 2. The summed E-state index contributed by atoms with van der Waals surface area (Å²) in [4.78, 5) is 25.7. The second-order valence-electron chi connectivity index (χ2n) is 6.42. The lowest BCUT2D eigenvalue weighted by molar-refractivity contribution is -0.119. The van der Waals surface area contributed by atoms with Gasteiger partial charge < -0.3 is 25.4 Å². The molecule has 1 aromatic rings. The van der Waals surface area contributed by atoms with Crippen LogP contribution in [0.2, 0.25) is 5.02 Å². The molecule has 2 amide bonds. The number of primary amides is 1. The number of fused-ring (bicyclic) bond motifs is 2. The predicted molar refractivity (Wildman–Crippen MR) is 93.2 cm³/mol. The standard InChI is InChI=1S/C17H22ClN3O4/c1-24-14-7-10(6-13(18)16(14)25-9-15(19)22)17(23)21-5-4-11-2-3-12(8-21)20-11/h6-7,11-12,20H,2-5,8-9H2,1H3,(H2,19,22). The molecule has 2 aliphatic heterocycles. The Bertz CT molecular complexity index is 682. The van der Waals surface area contributed by atoms with E-state index < -0.39 is 5.91 Å². The van der Waals surface area contributed by atoms with Crippen LogP contribution in [0.25, 0.3) is 0 Å². The summed E-state index contributed by atoms with van der Waals surface area (Å²) in [5, 5.41) is 3.76. The smallest absolute Gasteiger partial charge is 0.255 e. The van der Waals surface area contributed by atoms with E-state index in [1.165, 1.54) is 13.5 Å². The van der Waals surface area contributed by atoms with Gasteiger partial charge in [-0.3, -0.25) is 9.59 Å². The number of rotatable bonds is 5. The summed E-state index contributed by atoms with van der Waals surface area (Å²) in [7, 11) is 1.45. The van der Waals surface area contributed by atoms with E-state index in [2.05, 4.69) is 5.32 Å². The monoisotopic (exact) mass is 367 g/mol. The lowest BCUT2D eigenvalue weighted by Crippen LogP contribution is -2.39. The number of likely N-dealkylation sites (tertiary alicyclic amines) is 1. The molecule has 2 unspecified atom stereocenters. The van der Waals surface area contributed by atoms with Crippen molar-refractivity contribution in [3.8, 4) is 11.5 Å². The van der Waals surface area contributed by atoms with Crippen LogP contribution in [0.1, 0.15) is 29.6 Å². The highest BCUT2D eigenvalue weighted by Gasteiger charge is 2.32. The molecule has 0 saturated carbocycles. The topological polar surface area (TPSA) is 93.9 Å². The van der Waals surface area contributed by atoms with E-state index in [1.54, 1.807) is 12.1 Å². The van der Waals surface area contributed by atoms with Gasteiger partial charge in [0.2, 0.25) is 0 Å². The molecule has 7 nitrogen and oxygen atoms in total. The van der Waals surface area contributed by atoms with Gasteiger partial charge in [-0.15, -0.1) is 0 Å². The number of nitrogens with two attached hydrogens (primary N) is 1. The number of carbonyl (C=O) groups is 2. The van der Waals surface area contributed by atoms with E-state index in [0.29, 0.717) is 36.5 Å². The third-order valence-electron chi connectivity index (χ3n) is 4.65. The first-order valence-electron chi connectivity index (χ1n) is 8.32. The van der Waals surface area contributed by atoms with Gasteiger partial charge in [-0.2, -0.15) is 0 Å². The van der Waals surface area contributed by atoms with E-state index in [9.17, 15) is 9.59 Å². The zero-order chi connectivity index (χ0) is 18.0. The van der Waals surface area contributed by atoms with Crippen LogP contribution < -0.4 is 20.5 Å². The number of methoxy groups -OCH3 is 1. The number of nitrogens with zero attached hydrogens (tertiary/aromatic N) is 1. The van der Waals surface area contributed by atoms with E-state index in [1.807, 2.05) is 4.90 Å². The largest absolute Gasteiger partial charge is 0.493 e. The fourth-order valence-corrected chi connectivity index (χ4v) is 3.70. The average Bonchev–Trinajstić information content (AvgIpc) is 2.91. The Kier molecular flexibility index (Phi) is 5.34. The van der Waals surface area contributed by atoms with Crippen LogP contribution in [0.4, 0.5) is 0 Å². The molecular weight excluding hydrogens is 346 g/mol. The first-order valence-corrected chi connectivity index (χ1v) is 8.69. The number of nitrogens with one attached hydrogen (secondary N) is 1. The van der Waals surface area contributed by atoms with Crippen LogP contribution in [-0.4, -0.2) is 55.6 Å². The fourth-order valence-electron chi connectivity index (χ4n) is 3.44. The van der Waals surface area contributed by atoms with Gasteiger partial charge in [0.15, 0.2) is 18.1 Å². The molecule has 0 radical (unpaired) electrons. The third-order valence-corrected chi connectivity index (χ3v) is 4.93. The van der Waals surface area contributed by atoms with Crippen molar-refractivity contribution in [1.29, 1.82) is 0 Å². The second kappa shape index (κ2) is 7.49. The zero-order valence-electron chi connectivity index (χ0n) is 14.1. The Morgan fingerprint density at radius 3 is 2.80 bits per heavy atom. The number of halogens is 1. The van der Waals surface area contributed by atoms with Crippen LogP contribution in [0.3, 0.4) is 0 Å². The number of carbonyl (C=O) groups excluding carboxylic acids is 2. The predicted octanol–water partition coefficient (Wildman–Crippen LogP) is 1.18. The SMILES string of the molecule is COc1cc(C(=O)N2CCC3CCC(C2)N3)cc(Cl)c1OCC(N)=O. The summed E-state index contributed by atoms with van der Waals surface area (Å²) in [6, 6.07) is 3.98. The molecule has 0 aliphatic carbocycles. The zero-order valence-corrected chi connectivity index (χ0v) is 14.8. The molecule has 2 heterocycles. The molecule has 3 N–H and O–H groups in total.